The van der Waals surface area contributed by atoms with Crippen LogP contribution in [0.25, 0.3) is 22.4 Å². The molecule has 1 aromatic heterocycles. The van der Waals surface area contributed by atoms with Crippen molar-refractivity contribution < 1.29 is 4.79 Å². The van der Waals surface area contributed by atoms with E-state index in [1.807, 2.05) is 85.8 Å². The maximum Gasteiger partial charge on any atom is 0.173 e. The van der Waals surface area contributed by atoms with Gasteiger partial charge in [0.25, 0.3) is 0 Å². The summed E-state index contributed by atoms with van der Waals surface area (Å²) in [7, 11) is 0. The van der Waals surface area contributed by atoms with Crippen LogP contribution in [0.15, 0.2) is 90.0 Å². The lowest BCUT2D eigenvalue weighted by Gasteiger charge is -2.13. The number of carbonyl (C=O) groups excluding carboxylic acids is 1. The summed E-state index contributed by atoms with van der Waals surface area (Å²) in [4.78, 5) is 17.5. The Morgan fingerprint density at radius 3 is 2.34 bits per heavy atom. The number of benzene rings is 3. The summed E-state index contributed by atoms with van der Waals surface area (Å²) < 4.78 is 0. The van der Waals surface area contributed by atoms with Crippen molar-refractivity contribution in [3.8, 4) is 28.5 Å². The molecule has 0 radical (unpaired) electrons. The van der Waals surface area contributed by atoms with Crippen molar-refractivity contribution in [2.45, 2.75) is 11.9 Å². The van der Waals surface area contributed by atoms with Gasteiger partial charge in [0, 0.05) is 27.3 Å². The Morgan fingerprint density at radius 2 is 1.66 bits per heavy atom. The Labute approximate surface area is 196 Å². The number of thioether (sulfide) groups is 1. The number of rotatable bonds is 6. The highest BCUT2D eigenvalue weighted by molar-refractivity contribution is 8.00. The normalized spacial score (nSPS) is 10.5. The van der Waals surface area contributed by atoms with Gasteiger partial charge in [0.05, 0.1) is 17.0 Å². The van der Waals surface area contributed by atoms with Crippen LogP contribution >= 0.6 is 23.4 Å². The third-order valence-electron chi connectivity index (χ3n) is 5.05. The van der Waals surface area contributed by atoms with Gasteiger partial charge in [-0.2, -0.15) is 5.26 Å². The zero-order valence-electron chi connectivity index (χ0n) is 17.4. The molecule has 0 aliphatic carbocycles. The molecule has 0 atom stereocenters. The molecule has 3 aromatic carbocycles. The fourth-order valence-corrected chi connectivity index (χ4v) is 4.47. The van der Waals surface area contributed by atoms with E-state index in [9.17, 15) is 10.1 Å². The largest absolute Gasteiger partial charge is 0.293 e. The number of nitrogens with zero attached hydrogens (tertiary/aromatic N) is 2. The van der Waals surface area contributed by atoms with Gasteiger partial charge in [-0.3, -0.25) is 4.79 Å². The van der Waals surface area contributed by atoms with Crippen molar-refractivity contribution in [2.24, 2.45) is 0 Å². The molecule has 0 saturated carbocycles. The van der Waals surface area contributed by atoms with E-state index in [1.54, 1.807) is 6.07 Å². The van der Waals surface area contributed by atoms with Crippen LogP contribution in [0.3, 0.4) is 0 Å². The second-order valence-corrected chi connectivity index (χ2v) is 8.64. The van der Waals surface area contributed by atoms with E-state index in [4.69, 9.17) is 16.6 Å². The molecular formula is C27H19ClN2OS. The number of carbonyl (C=O) groups is 1. The van der Waals surface area contributed by atoms with Crippen molar-refractivity contribution in [1.29, 1.82) is 5.26 Å². The second-order valence-electron chi connectivity index (χ2n) is 7.27. The molecule has 0 saturated heterocycles. The molecule has 156 valence electrons. The van der Waals surface area contributed by atoms with Crippen molar-refractivity contribution in [2.75, 3.05) is 5.75 Å². The van der Waals surface area contributed by atoms with E-state index >= 15 is 0 Å². The monoisotopic (exact) mass is 454 g/mol. The summed E-state index contributed by atoms with van der Waals surface area (Å²) in [5.74, 6) is 0.176. The maximum absolute atomic E-state index is 12.7. The molecular weight excluding hydrogens is 436 g/mol. The quantitative estimate of drug-likeness (QED) is 0.228. The van der Waals surface area contributed by atoms with Crippen molar-refractivity contribution >= 4 is 29.1 Å². The predicted octanol–water partition coefficient (Wildman–Crippen LogP) is 7.22. The van der Waals surface area contributed by atoms with Gasteiger partial charge in [0.2, 0.25) is 0 Å². The molecule has 4 rings (SSSR count). The fourth-order valence-electron chi connectivity index (χ4n) is 3.34. The van der Waals surface area contributed by atoms with Crippen LogP contribution in [0.4, 0.5) is 0 Å². The number of nitriles is 1. The molecule has 5 heteroatoms. The number of ketones is 1. The van der Waals surface area contributed by atoms with Gasteiger partial charge in [-0.25, -0.2) is 4.98 Å². The summed E-state index contributed by atoms with van der Waals surface area (Å²) >= 11 is 7.74. The van der Waals surface area contributed by atoms with Crippen LogP contribution in [0.2, 0.25) is 5.02 Å². The smallest absolute Gasteiger partial charge is 0.173 e. The number of hydrogen-bond donors (Lipinski definition) is 0. The first kappa shape index (κ1) is 21.8. The molecule has 0 unspecified atom stereocenters. The number of halogens is 1. The SMILES string of the molecule is Cc1ccc(C(=O)CSc2nc(-c3ccccc3)cc(-c3ccccc3Cl)c2C#N)cc1. The molecule has 0 aliphatic rings. The molecule has 0 aliphatic heterocycles. The standard InChI is InChI=1S/C27H19ClN2OS/c1-18-11-13-20(14-12-18)26(31)17-32-27-23(16-29)22(21-9-5-6-10-24(21)28)15-25(30-27)19-7-3-2-4-8-19/h2-15H,17H2,1H3. The molecule has 0 N–H and O–H groups in total. The van der Waals surface area contributed by atoms with Gasteiger partial charge in [-0.1, -0.05) is 102 Å². The van der Waals surface area contributed by atoms with E-state index in [2.05, 4.69) is 6.07 Å². The van der Waals surface area contributed by atoms with Gasteiger partial charge < -0.3 is 0 Å². The Morgan fingerprint density at radius 1 is 0.969 bits per heavy atom. The first-order chi connectivity index (χ1) is 15.6. The Kier molecular flexibility index (Phi) is 6.70. The molecule has 0 fully saturated rings. The summed E-state index contributed by atoms with van der Waals surface area (Å²) in [5, 5.41) is 11.1. The highest BCUT2D eigenvalue weighted by atomic mass is 35.5. The van der Waals surface area contributed by atoms with Crippen molar-refractivity contribution in [1.82, 2.24) is 4.98 Å². The highest BCUT2D eigenvalue weighted by Gasteiger charge is 2.18. The lowest BCUT2D eigenvalue weighted by atomic mass is 9.99. The van der Waals surface area contributed by atoms with Crippen LogP contribution < -0.4 is 0 Å². The topological polar surface area (TPSA) is 53.8 Å². The Balaban J connectivity index is 1.77. The molecule has 0 bridgehead atoms. The molecule has 32 heavy (non-hydrogen) atoms. The minimum Gasteiger partial charge on any atom is -0.293 e. The van der Waals surface area contributed by atoms with Crippen molar-refractivity contribution in [3.63, 3.8) is 0 Å². The fraction of sp³-hybridized carbons (Fsp3) is 0.0741. The van der Waals surface area contributed by atoms with Gasteiger partial charge in [0.15, 0.2) is 5.78 Å². The maximum atomic E-state index is 12.7. The van der Waals surface area contributed by atoms with E-state index in [1.165, 1.54) is 11.8 Å². The van der Waals surface area contributed by atoms with Gasteiger partial charge >= 0.3 is 0 Å². The van der Waals surface area contributed by atoms with E-state index < -0.39 is 0 Å². The average molecular weight is 455 g/mol. The van der Waals surface area contributed by atoms with Crippen LogP contribution in [0, 0.1) is 18.3 Å². The first-order valence-corrected chi connectivity index (χ1v) is 11.4. The first-order valence-electron chi connectivity index (χ1n) is 10.0. The third kappa shape index (κ3) is 4.75. The van der Waals surface area contributed by atoms with Crippen LogP contribution in [-0.2, 0) is 0 Å². The zero-order chi connectivity index (χ0) is 22.5. The van der Waals surface area contributed by atoms with E-state index in [-0.39, 0.29) is 11.5 Å². The second kappa shape index (κ2) is 9.82. The zero-order valence-corrected chi connectivity index (χ0v) is 19.0. The van der Waals surface area contributed by atoms with Gasteiger partial charge in [0.1, 0.15) is 11.1 Å². The molecule has 3 nitrogen and oxygen atoms in total. The number of hydrogen-bond acceptors (Lipinski definition) is 4. The summed E-state index contributed by atoms with van der Waals surface area (Å²) in [6.07, 6.45) is 0. The Bertz CT molecular complexity index is 1310. The number of aryl methyl sites for hydroxylation is 1. The number of aromatic nitrogens is 1. The lowest BCUT2D eigenvalue weighted by Crippen LogP contribution is -2.04. The lowest BCUT2D eigenvalue weighted by molar-refractivity contribution is 0.102. The minimum absolute atomic E-state index is 0.00917. The van der Waals surface area contributed by atoms with Crippen LogP contribution in [-0.4, -0.2) is 16.5 Å². The van der Waals surface area contributed by atoms with Crippen molar-refractivity contribution in [3.05, 3.63) is 107 Å². The predicted molar refractivity (Wildman–Crippen MR) is 131 cm³/mol. The molecule has 1 heterocycles. The molecule has 0 amide bonds. The molecule has 4 aromatic rings. The van der Waals surface area contributed by atoms with Crippen LogP contribution in [0.1, 0.15) is 21.5 Å². The van der Waals surface area contributed by atoms with Gasteiger partial charge in [-0.05, 0) is 19.1 Å². The number of pyridine rings is 1. The third-order valence-corrected chi connectivity index (χ3v) is 6.35. The minimum atomic E-state index is -0.00917. The number of Topliss-reactive ketones (excluding diaryl/α,β-unsaturated/α-hetero) is 1. The molecule has 0 spiro atoms. The summed E-state index contributed by atoms with van der Waals surface area (Å²) in [6, 6.07) is 28.9. The average Bonchev–Trinajstić information content (AvgIpc) is 2.83. The Hall–Kier alpha value is -3.39. The van der Waals surface area contributed by atoms with Gasteiger partial charge in [-0.15, -0.1) is 0 Å². The summed E-state index contributed by atoms with van der Waals surface area (Å²) in [6.45, 7) is 1.98. The van der Waals surface area contributed by atoms with Crippen LogP contribution in [0.5, 0.6) is 0 Å². The highest BCUT2D eigenvalue weighted by Crippen LogP contribution is 2.37. The van der Waals surface area contributed by atoms with E-state index in [0.29, 0.717) is 26.7 Å². The summed E-state index contributed by atoms with van der Waals surface area (Å²) in [5.41, 5.74) is 5.28. The van der Waals surface area contributed by atoms with E-state index in [0.717, 1.165) is 22.4 Å².